The van der Waals surface area contributed by atoms with E-state index in [0.29, 0.717) is 6.61 Å². The summed E-state index contributed by atoms with van der Waals surface area (Å²) in [5.74, 6) is -0.259. The van der Waals surface area contributed by atoms with Crippen molar-refractivity contribution in [3.05, 3.63) is 22.4 Å². The summed E-state index contributed by atoms with van der Waals surface area (Å²) in [7, 11) is 0. The standard InChI is InChI=1S/C9H12O2S/c1-3-11-9(10)7(2)8-5-4-6-12-8/h4-7H,3H2,1-2H3. The first-order valence-electron chi connectivity index (χ1n) is 3.95. The van der Waals surface area contributed by atoms with Crippen LogP contribution in [0.15, 0.2) is 17.5 Å². The van der Waals surface area contributed by atoms with Gasteiger partial charge in [0.2, 0.25) is 0 Å². The van der Waals surface area contributed by atoms with Crippen LogP contribution in [0, 0.1) is 0 Å². The Balaban J connectivity index is 2.59. The van der Waals surface area contributed by atoms with Crippen LogP contribution in [-0.2, 0) is 9.53 Å². The van der Waals surface area contributed by atoms with E-state index in [1.54, 1.807) is 11.3 Å². The molecule has 66 valence electrons. The Bertz CT molecular complexity index is 241. The predicted molar refractivity (Wildman–Crippen MR) is 49.4 cm³/mol. The zero-order valence-corrected chi connectivity index (χ0v) is 8.06. The van der Waals surface area contributed by atoms with E-state index < -0.39 is 0 Å². The number of esters is 1. The maximum absolute atomic E-state index is 11.2. The second-order valence-corrected chi connectivity index (χ2v) is 3.47. The van der Waals surface area contributed by atoms with Gasteiger partial charge in [-0.05, 0) is 25.3 Å². The molecule has 0 saturated heterocycles. The lowest BCUT2D eigenvalue weighted by Gasteiger charge is -2.07. The van der Waals surface area contributed by atoms with Gasteiger partial charge in [0.1, 0.15) is 0 Å². The molecule has 1 aromatic heterocycles. The molecule has 0 N–H and O–H groups in total. The molecule has 12 heavy (non-hydrogen) atoms. The van der Waals surface area contributed by atoms with Gasteiger partial charge in [-0.1, -0.05) is 6.07 Å². The predicted octanol–water partition coefficient (Wildman–Crippen LogP) is 2.41. The fourth-order valence-corrected chi connectivity index (χ4v) is 1.69. The molecule has 0 aliphatic rings. The Hall–Kier alpha value is -0.830. The summed E-state index contributed by atoms with van der Waals surface area (Å²) in [5.41, 5.74) is 0. The second-order valence-electron chi connectivity index (χ2n) is 2.49. The average Bonchev–Trinajstić information content (AvgIpc) is 2.55. The lowest BCUT2D eigenvalue weighted by atomic mass is 10.1. The van der Waals surface area contributed by atoms with Crippen LogP contribution in [0.3, 0.4) is 0 Å². The Morgan fingerprint density at radius 1 is 1.75 bits per heavy atom. The molecule has 2 nitrogen and oxygen atoms in total. The summed E-state index contributed by atoms with van der Waals surface area (Å²) in [5, 5.41) is 1.96. The minimum Gasteiger partial charge on any atom is -0.466 e. The lowest BCUT2D eigenvalue weighted by molar-refractivity contribution is -0.144. The van der Waals surface area contributed by atoms with Crippen molar-refractivity contribution in [1.82, 2.24) is 0 Å². The number of carbonyl (C=O) groups excluding carboxylic acids is 1. The van der Waals surface area contributed by atoms with Crippen molar-refractivity contribution in [1.29, 1.82) is 0 Å². The molecule has 1 aromatic rings. The SMILES string of the molecule is CCOC(=O)C(C)c1cccs1. The molecule has 0 saturated carbocycles. The highest BCUT2D eigenvalue weighted by atomic mass is 32.1. The summed E-state index contributed by atoms with van der Waals surface area (Å²) in [6, 6.07) is 3.89. The smallest absolute Gasteiger partial charge is 0.313 e. The van der Waals surface area contributed by atoms with Crippen molar-refractivity contribution in [3.63, 3.8) is 0 Å². The highest BCUT2D eigenvalue weighted by molar-refractivity contribution is 7.10. The first-order valence-corrected chi connectivity index (χ1v) is 4.83. The molecule has 1 heterocycles. The van der Waals surface area contributed by atoms with Gasteiger partial charge in [-0.15, -0.1) is 11.3 Å². The number of hydrogen-bond acceptors (Lipinski definition) is 3. The minimum absolute atomic E-state index is 0.120. The van der Waals surface area contributed by atoms with Gasteiger partial charge in [0.05, 0.1) is 12.5 Å². The van der Waals surface area contributed by atoms with Gasteiger partial charge in [0, 0.05) is 4.88 Å². The van der Waals surface area contributed by atoms with E-state index in [1.807, 2.05) is 31.4 Å². The van der Waals surface area contributed by atoms with Gasteiger partial charge in [-0.25, -0.2) is 0 Å². The molecule has 0 aliphatic carbocycles. The molecule has 0 fully saturated rings. The van der Waals surface area contributed by atoms with Crippen LogP contribution in [0.1, 0.15) is 24.6 Å². The third-order valence-electron chi connectivity index (χ3n) is 1.61. The van der Waals surface area contributed by atoms with Gasteiger partial charge in [0.15, 0.2) is 0 Å². The first kappa shape index (κ1) is 9.26. The largest absolute Gasteiger partial charge is 0.466 e. The van der Waals surface area contributed by atoms with E-state index in [-0.39, 0.29) is 11.9 Å². The van der Waals surface area contributed by atoms with Gasteiger partial charge >= 0.3 is 5.97 Å². The van der Waals surface area contributed by atoms with E-state index in [2.05, 4.69) is 0 Å². The highest BCUT2D eigenvalue weighted by Gasteiger charge is 2.16. The third-order valence-corrected chi connectivity index (χ3v) is 2.67. The molecule has 1 rings (SSSR count). The van der Waals surface area contributed by atoms with Crippen LogP contribution < -0.4 is 0 Å². The quantitative estimate of drug-likeness (QED) is 0.674. The molecule has 0 aliphatic heterocycles. The van der Waals surface area contributed by atoms with E-state index >= 15 is 0 Å². The van der Waals surface area contributed by atoms with Crippen LogP contribution in [0.25, 0.3) is 0 Å². The molecule has 1 atom stereocenters. The molecular formula is C9H12O2S. The first-order chi connectivity index (χ1) is 5.75. The van der Waals surface area contributed by atoms with E-state index in [1.165, 1.54) is 0 Å². The Morgan fingerprint density at radius 2 is 2.50 bits per heavy atom. The van der Waals surface area contributed by atoms with Gasteiger partial charge in [0.25, 0.3) is 0 Å². The van der Waals surface area contributed by atoms with Crippen LogP contribution in [-0.4, -0.2) is 12.6 Å². The highest BCUT2D eigenvalue weighted by Crippen LogP contribution is 2.21. The molecule has 0 aromatic carbocycles. The fourth-order valence-electron chi connectivity index (χ4n) is 0.921. The van der Waals surface area contributed by atoms with E-state index in [0.717, 1.165) is 4.88 Å². The van der Waals surface area contributed by atoms with Crippen molar-refractivity contribution >= 4 is 17.3 Å². The fraction of sp³-hybridized carbons (Fsp3) is 0.444. The topological polar surface area (TPSA) is 26.3 Å². The lowest BCUT2D eigenvalue weighted by Crippen LogP contribution is -2.11. The van der Waals surface area contributed by atoms with Crippen molar-refractivity contribution in [2.24, 2.45) is 0 Å². The summed E-state index contributed by atoms with van der Waals surface area (Å²) in [6.07, 6.45) is 0. The zero-order chi connectivity index (χ0) is 8.97. The van der Waals surface area contributed by atoms with Crippen molar-refractivity contribution in [2.75, 3.05) is 6.61 Å². The molecule has 0 bridgehead atoms. The maximum atomic E-state index is 11.2. The zero-order valence-electron chi connectivity index (χ0n) is 7.24. The van der Waals surface area contributed by atoms with E-state index in [9.17, 15) is 4.79 Å². The number of thiophene rings is 1. The van der Waals surface area contributed by atoms with Crippen molar-refractivity contribution < 1.29 is 9.53 Å². The second kappa shape index (κ2) is 4.26. The van der Waals surface area contributed by atoms with Crippen molar-refractivity contribution in [3.8, 4) is 0 Å². The Labute approximate surface area is 76.2 Å². The van der Waals surface area contributed by atoms with Gasteiger partial charge in [-0.3, -0.25) is 4.79 Å². The Morgan fingerprint density at radius 3 is 3.00 bits per heavy atom. The van der Waals surface area contributed by atoms with Crippen molar-refractivity contribution in [2.45, 2.75) is 19.8 Å². The van der Waals surface area contributed by atoms with Gasteiger partial charge < -0.3 is 4.74 Å². The molecule has 1 unspecified atom stereocenters. The van der Waals surface area contributed by atoms with Crippen LogP contribution >= 0.6 is 11.3 Å². The Kier molecular flexibility index (Phi) is 3.29. The minimum atomic E-state index is -0.139. The maximum Gasteiger partial charge on any atom is 0.313 e. The number of carbonyl (C=O) groups is 1. The molecular weight excluding hydrogens is 172 g/mol. The van der Waals surface area contributed by atoms with Crippen LogP contribution in [0.4, 0.5) is 0 Å². The number of hydrogen-bond donors (Lipinski definition) is 0. The third kappa shape index (κ3) is 2.08. The number of rotatable bonds is 3. The van der Waals surface area contributed by atoms with Crippen LogP contribution in [0.2, 0.25) is 0 Å². The molecule has 3 heteroatoms. The van der Waals surface area contributed by atoms with E-state index in [4.69, 9.17) is 4.74 Å². The monoisotopic (exact) mass is 184 g/mol. The number of ether oxygens (including phenoxy) is 1. The summed E-state index contributed by atoms with van der Waals surface area (Å²) >= 11 is 1.58. The summed E-state index contributed by atoms with van der Waals surface area (Å²) < 4.78 is 4.90. The van der Waals surface area contributed by atoms with Gasteiger partial charge in [-0.2, -0.15) is 0 Å². The average molecular weight is 184 g/mol. The molecule has 0 amide bonds. The van der Waals surface area contributed by atoms with Crippen LogP contribution in [0.5, 0.6) is 0 Å². The summed E-state index contributed by atoms with van der Waals surface area (Å²) in [6.45, 7) is 4.14. The molecule has 0 radical (unpaired) electrons. The summed E-state index contributed by atoms with van der Waals surface area (Å²) in [4.78, 5) is 12.3. The molecule has 0 spiro atoms. The normalized spacial score (nSPS) is 12.5.